The molecule has 1 aliphatic carbocycles. The first-order valence-electron chi connectivity index (χ1n) is 3.71. The monoisotopic (exact) mass is 148 g/mol. The number of halogens is 1. The Morgan fingerprint density at radius 1 is 1.36 bits per heavy atom. The van der Waals surface area contributed by atoms with Crippen LogP contribution in [0.1, 0.15) is 18.1 Å². The van der Waals surface area contributed by atoms with Crippen LogP contribution in [0.2, 0.25) is 0 Å². The summed E-state index contributed by atoms with van der Waals surface area (Å²) in [6.07, 6.45) is 3.02. The van der Waals surface area contributed by atoms with Crippen molar-refractivity contribution in [1.29, 1.82) is 0 Å². The van der Waals surface area contributed by atoms with E-state index in [1.807, 2.05) is 6.07 Å². The molecule has 1 aromatic carbocycles. The molecule has 0 aliphatic heterocycles. The molecule has 0 unspecified atom stereocenters. The first kappa shape index (κ1) is 6.59. The van der Waals surface area contributed by atoms with Gasteiger partial charge in [-0.25, -0.2) is 4.39 Å². The van der Waals surface area contributed by atoms with E-state index in [0.29, 0.717) is 0 Å². The van der Waals surface area contributed by atoms with E-state index in [1.165, 1.54) is 17.2 Å². The Hall–Kier alpha value is -1.11. The Labute approximate surface area is 65.4 Å². The van der Waals surface area contributed by atoms with Gasteiger partial charge >= 0.3 is 0 Å². The van der Waals surface area contributed by atoms with Crippen molar-refractivity contribution in [2.75, 3.05) is 0 Å². The van der Waals surface area contributed by atoms with Crippen molar-refractivity contribution in [3.05, 3.63) is 40.7 Å². The van der Waals surface area contributed by atoms with Crippen molar-refractivity contribution >= 4 is 6.08 Å². The Morgan fingerprint density at radius 3 is 3.00 bits per heavy atom. The first-order chi connectivity index (χ1) is 5.25. The van der Waals surface area contributed by atoms with E-state index < -0.39 is 0 Å². The van der Waals surface area contributed by atoms with Gasteiger partial charge in [-0.05, 0) is 36.6 Å². The lowest BCUT2D eigenvalue weighted by atomic mass is 10.1. The van der Waals surface area contributed by atoms with Gasteiger partial charge < -0.3 is 0 Å². The highest BCUT2D eigenvalue weighted by Gasteiger charge is 2.08. The predicted molar refractivity (Wildman–Crippen MR) is 43.8 cm³/mol. The van der Waals surface area contributed by atoms with Gasteiger partial charge in [-0.15, -0.1) is 0 Å². The minimum atomic E-state index is -0.133. The lowest BCUT2D eigenvalue weighted by molar-refractivity contribution is 0.626. The normalized spacial score (nSPS) is 14.5. The molecule has 1 aliphatic rings. The van der Waals surface area contributed by atoms with Crippen LogP contribution in [0.15, 0.2) is 23.8 Å². The van der Waals surface area contributed by atoms with Crippen LogP contribution < -0.4 is 0 Å². The summed E-state index contributed by atoms with van der Waals surface area (Å²) in [5.74, 6) is -0.133. The molecule has 0 saturated carbocycles. The number of fused-ring (bicyclic) bond motifs is 1. The highest BCUT2D eigenvalue weighted by Crippen LogP contribution is 2.24. The maximum Gasteiger partial charge on any atom is 0.123 e. The van der Waals surface area contributed by atoms with Crippen LogP contribution in [0, 0.1) is 5.82 Å². The first-order valence-corrected chi connectivity index (χ1v) is 3.71. The van der Waals surface area contributed by atoms with Crippen LogP contribution >= 0.6 is 0 Å². The zero-order valence-corrected chi connectivity index (χ0v) is 6.39. The van der Waals surface area contributed by atoms with E-state index in [4.69, 9.17) is 0 Å². The Morgan fingerprint density at radius 2 is 2.18 bits per heavy atom. The lowest BCUT2D eigenvalue weighted by Crippen LogP contribution is -1.83. The van der Waals surface area contributed by atoms with Crippen molar-refractivity contribution in [1.82, 2.24) is 0 Å². The zero-order chi connectivity index (χ0) is 7.84. The molecule has 11 heavy (non-hydrogen) atoms. The molecule has 1 aromatic rings. The molecular weight excluding hydrogens is 139 g/mol. The molecule has 2 rings (SSSR count). The fourth-order valence-electron chi connectivity index (χ4n) is 1.49. The van der Waals surface area contributed by atoms with E-state index in [9.17, 15) is 4.39 Å². The van der Waals surface area contributed by atoms with Crippen molar-refractivity contribution in [3.8, 4) is 0 Å². The van der Waals surface area contributed by atoms with Crippen molar-refractivity contribution in [2.24, 2.45) is 0 Å². The van der Waals surface area contributed by atoms with Crippen LogP contribution in [0.5, 0.6) is 0 Å². The van der Waals surface area contributed by atoms with Gasteiger partial charge in [0.05, 0.1) is 0 Å². The summed E-state index contributed by atoms with van der Waals surface area (Å²) in [5, 5.41) is 0. The van der Waals surface area contributed by atoms with Gasteiger partial charge in [-0.3, -0.25) is 0 Å². The SMILES string of the molecule is CC1=Cc2ccc(F)cc2C1. The summed E-state index contributed by atoms with van der Waals surface area (Å²) >= 11 is 0. The lowest BCUT2D eigenvalue weighted by Gasteiger charge is -1.96. The standard InChI is InChI=1S/C10H9F/c1-7-4-8-2-3-10(11)6-9(8)5-7/h2-4,6H,5H2,1H3. The van der Waals surface area contributed by atoms with Gasteiger partial charge in [-0.2, -0.15) is 0 Å². The van der Waals surface area contributed by atoms with Gasteiger partial charge in [0.2, 0.25) is 0 Å². The third kappa shape index (κ3) is 1.07. The van der Waals surface area contributed by atoms with E-state index in [-0.39, 0.29) is 5.82 Å². The van der Waals surface area contributed by atoms with E-state index >= 15 is 0 Å². The predicted octanol–water partition coefficient (Wildman–Crippen LogP) is 2.79. The summed E-state index contributed by atoms with van der Waals surface area (Å²) < 4.78 is 12.7. The molecule has 1 heteroatoms. The summed E-state index contributed by atoms with van der Waals surface area (Å²) in [5.41, 5.74) is 3.59. The van der Waals surface area contributed by atoms with Crippen molar-refractivity contribution in [2.45, 2.75) is 13.3 Å². The number of benzene rings is 1. The second kappa shape index (κ2) is 2.19. The average molecular weight is 148 g/mol. The second-order valence-corrected chi connectivity index (χ2v) is 3.01. The zero-order valence-electron chi connectivity index (χ0n) is 6.39. The molecule has 0 saturated heterocycles. The summed E-state index contributed by atoms with van der Waals surface area (Å²) in [6, 6.07) is 4.96. The van der Waals surface area contributed by atoms with Crippen LogP contribution in [-0.2, 0) is 6.42 Å². The molecular formula is C10H9F. The van der Waals surface area contributed by atoms with E-state index in [2.05, 4.69) is 13.0 Å². The molecule has 0 fully saturated rings. The van der Waals surface area contributed by atoms with Crippen LogP contribution in [-0.4, -0.2) is 0 Å². The summed E-state index contributed by atoms with van der Waals surface area (Å²) in [4.78, 5) is 0. The van der Waals surface area contributed by atoms with Crippen LogP contribution in [0.25, 0.3) is 6.08 Å². The molecule has 0 N–H and O–H groups in total. The van der Waals surface area contributed by atoms with Crippen LogP contribution in [0.4, 0.5) is 4.39 Å². The summed E-state index contributed by atoms with van der Waals surface area (Å²) in [6.45, 7) is 2.07. The van der Waals surface area contributed by atoms with Gasteiger partial charge in [0.25, 0.3) is 0 Å². The van der Waals surface area contributed by atoms with Crippen LogP contribution in [0.3, 0.4) is 0 Å². The highest BCUT2D eigenvalue weighted by molar-refractivity contribution is 5.63. The molecule has 56 valence electrons. The minimum Gasteiger partial charge on any atom is -0.207 e. The number of rotatable bonds is 0. The fourth-order valence-corrected chi connectivity index (χ4v) is 1.49. The molecule has 0 aromatic heterocycles. The van der Waals surface area contributed by atoms with Gasteiger partial charge in [-0.1, -0.05) is 17.7 Å². The third-order valence-corrected chi connectivity index (χ3v) is 1.98. The maximum atomic E-state index is 12.7. The van der Waals surface area contributed by atoms with Gasteiger partial charge in [0.15, 0.2) is 0 Å². The summed E-state index contributed by atoms with van der Waals surface area (Å²) in [7, 11) is 0. The topological polar surface area (TPSA) is 0 Å². The number of allylic oxidation sites excluding steroid dienone is 1. The van der Waals surface area contributed by atoms with E-state index in [0.717, 1.165) is 12.0 Å². The van der Waals surface area contributed by atoms with Gasteiger partial charge in [0, 0.05) is 0 Å². The second-order valence-electron chi connectivity index (χ2n) is 3.01. The smallest absolute Gasteiger partial charge is 0.123 e. The van der Waals surface area contributed by atoms with Crippen molar-refractivity contribution < 1.29 is 4.39 Å². The number of hydrogen-bond acceptors (Lipinski definition) is 0. The van der Waals surface area contributed by atoms with Gasteiger partial charge in [0.1, 0.15) is 5.82 Å². The molecule has 0 nitrogen and oxygen atoms in total. The fraction of sp³-hybridized carbons (Fsp3) is 0.200. The van der Waals surface area contributed by atoms with E-state index in [1.54, 1.807) is 6.07 Å². The molecule has 0 amide bonds. The molecule has 0 heterocycles. The molecule has 0 spiro atoms. The Balaban J connectivity index is 2.52. The minimum absolute atomic E-state index is 0.133. The molecule has 0 atom stereocenters. The Kier molecular flexibility index (Phi) is 1.31. The Bertz CT molecular complexity index is 324. The third-order valence-electron chi connectivity index (χ3n) is 1.98. The number of hydrogen-bond donors (Lipinski definition) is 0. The maximum absolute atomic E-state index is 12.7. The highest BCUT2D eigenvalue weighted by atomic mass is 19.1. The van der Waals surface area contributed by atoms with Crippen molar-refractivity contribution in [3.63, 3.8) is 0 Å². The molecule has 0 radical (unpaired) electrons. The average Bonchev–Trinajstić information content (AvgIpc) is 2.27. The molecule has 0 bridgehead atoms. The quantitative estimate of drug-likeness (QED) is 0.530. The largest absolute Gasteiger partial charge is 0.207 e.